The summed E-state index contributed by atoms with van der Waals surface area (Å²) in [6, 6.07) is 16.1. The number of ketones is 2. The largest absolute Gasteiger partial charge is 0.497 e. The van der Waals surface area contributed by atoms with Crippen LogP contribution in [0.4, 0.5) is 5.69 Å². The lowest BCUT2D eigenvalue weighted by molar-refractivity contribution is -0.119. The molecule has 3 aliphatic rings. The van der Waals surface area contributed by atoms with Crippen molar-refractivity contribution < 1.29 is 14.3 Å². The van der Waals surface area contributed by atoms with Crippen molar-refractivity contribution in [1.29, 1.82) is 0 Å². The van der Waals surface area contributed by atoms with Crippen LogP contribution in [0.5, 0.6) is 5.75 Å². The quantitative estimate of drug-likeness (QED) is 0.413. The average molecular weight is 534 g/mol. The first-order chi connectivity index (χ1) is 16.5. The maximum atomic E-state index is 13.8. The van der Waals surface area contributed by atoms with Crippen LogP contribution in [0, 0.1) is 10.8 Å². The molecule has 0 saturated carbocycles. The van der Waals surface area contributed by atoms with Gasteiger partial charge in [0.1, 0.15) is 5.75 Å². The summed E-state index contributed by atoms with van der Waals surface area (Å²) in [5.41, 5.74) is 5.31. The summed E-state index contributed by atoms with van der Waals surface area (Å²) in [4.78, 5) is 29.9. The minimum Gasteiger partial charge on any atom is -0.497 e. The Morgan fingerprint density at radius 3 is 1.71 bits per heavy atom. The number of halogens is 1. The molecule has 182 valence electrons. The van der Waals surface area contributed by atoms with Crippen molar-refractivity contribution in [1.82, 2.24) is 0 Å². The maximum Gasteiger partial charge on any atom is 0.162 e. The van der Waals surface area contributed by atoms with Crippen LogP contribution in [-0.2, 0) is 9.59 Å². The van der Waals surface area contributed by atoms with Gasteiger partial charge in [-0.25, -0.2) is 0 Å². The average Bonchev–Trinajstić information content (AvgIpc) is 2.77. The summed E-state index contributed by atoms with van der Waals surface area (Å²) in [6.45, 7) is 8.65. The third-order valence-corrected chi connectivity index (χ3v) is 7.97. The smallest absolute Gasteiger partial charge is 0.162 e. The van der Waals surface area contributed by atoms with Gasteiger partial charge in [-0.3, -0.25) is 9.59 Å². The zero-order valence-electron chi connectivity index (χ0n) is 21.1. The van der Waals surface area contributed by atoms with E-state index in [0.717, 1.165) is 56.9 Å². The Hall–Kier alpha value is -2.66. The van der Waals surface area contributed by atoms with Gasteiger partial charge in [0.25, 0.3) is 0 Å². The van der Waals surface area contributed by atoms with Crippen LogP contribution in [0.3, 0.4) is 0 Å². The van der Waals surface area contributed by atoms with Crippen molar-refractivity contribution in [2.75, 3.05) is 12.0 Å². The third kappa shape index (κ3) is 4.29. The molecule has 5 rings (SSSR count). The molecule has 1 heterocycles. The Balaban J connectivity index is 1.80. The first kappa shape index (κ1) is 24.1. The lowest BCUT2D eigenvalue weighted by Gasteiger charge is -2.49. The topological polar surface area (TPSA) is 46.6 Å². The summed E-state index contributed by atoms with van der Waals surface area (Å²) in [5.74, 6) is 0.702. The number of benzene rings is 2. The summed E-state index contributed by atoms with van der Waals surface area (Å²) >= 11 is 3.55. The van der Waals surface area contributed by atoms with E-state index in [4.69, 9.17) is 4.74 Å². The Morgan fingerprint density at radius 1 is 0.771 bits per heavy atom. The predicted octanol–water partition coefficient (Wildman–Crippen LogP) is 7.35. The molecule has 0 aromatic heterocycles. The number of ether oxygens (including phenoxy) is 1. The molecule has 0 unspecified atom stereocenters. The summed E-state index contributed by atoms with van der Waals surface area (Å²) in [7, 11) is 1.65. The van der Waals surface area contributed by atoms with E-state index in [0.29, 0.717) is 12.8 Å². The Bertz CT molecular complexity index is 1210. The SMILES string of the molecule is COc1ccc(C2C3=C(CC(C)(C)CC3=O)N(c3ccc(Br)cc3)C3=C2C(=O)CC(C)(C)C3)cc1. The van der Waals surface area contributed by atoms with E-state index in [2.05, 4.69) is 60.7 Å². The fourth-order valence-electron chi connectivity index (χ4n) is 6.00. The molecule has 0 saturated heterocycles. The monoisotopic (exact) mass is 533 g/mol. The van der Waals surface area contributed by atoms with Crippen LogP contribution in [0.25, 0.3) is 0 Å². The van der Waals surface area contributed by atoms with Gasteiger partial charge in [-0.15, -0.1) is 0 Å². The highest BCUT2D eigenvalue weighted by Crippen LogP contribution is 2.55. The molecule has 4 nitrogen and oxygen atoms in total. The van der Waals surface area contributed by atoms with Crippen molar-refractivity contribution in [2.45, 2.75) is 59.3 Å². The molecule has 0 bridgehead atoms. The summed E-state index contributed by atoms with van der Waals surface area (Å²) in [5, 5.41) is 0. The number of carbonyl (C=O) groups excluding carboxylic acids is 2. The Labute approximate surface area is 216 Å². The lowest BCUT2D eigenvalue weighted by atomic mass is 9.63. The highest BCUT2D eigenvalue weighted by atomic mass is 79.9. The molecule has 2 aromatic carbocycles. The van der Waals surface area contributed by atoms with Gasteiger partial charge < -0.3 is 9.64 Å². The molecule has 35 heavy (non-hydrogen) atoms. The van der Waals surface area contributed by atoms with Crippen molar-refractivity contribution in [3.63, 3.8) is 0 Å². The molecule has 2 aliphatic carbocycles. The predicted molar refractivity (Wildman–Crippen MR) is 142 cm³/mol. The van der Waals surface area contributed by atoms with Crippen LogP contribution >= 0.6 is 15.9 Å². The van der Waals surface area contributed by atoms with Crippen molar-refractivity contribution in [3.05, 3.63) is 81.1 Å². The zero-order chi connectivity index (χ0) is 25.1. The number of nitrogens with zero attached hydrogens (tertiary/aromatic N) is 1. The first-order valence-electron chi connectivity index (χ1n) is 12.2. The van der Waals surface area contributed by atoms with Crippen molar-refractivity contribution in [3.8, 4) is 5.75 Å². The normalized spacial score (nSPS) is 21.7. The van der Waals surface area contributed by atoms with Gasteiger partial charge in [-0.05, 0) is 65.6 Å². The number of hydrogen-bond donors (Lipinski definition) is 0. The van der Waals surface area contributed by atoms with Gasteiger partial charge in [0.05, 0.1) is 7.11 Å². The standard InChI is InChI=1S/C30H32BrNO3/c1-29(2)14-22-27(24(33)16-29)26(18-6-12-21(35-5)13-7-18)28-23(15-30(3,4)17-25(28)34)32(22)20-10-8-19(31)9-11-20/h6-13,26H,14-17H2,1-5H3. The summed E-state index contributed by atoms with van der Waals surface area (Å²) in [6.07, 6.45) is 2.52. The second-order valence-electron chi connectivity index (χ2n) is 11.6. The van der Waals surface area contributed by atoms with Crippen LogP contribution in [0.15, 0.2) is 75.5 Å². The Kier molecular flexibility index (Phi) is 5.83. The first-order valence-corrected chi connectivity index (χ1v) is 13.0. The van der Waals surface area contributed by atoms with E-state index in [1.165, 1.54) is 0 Å². The molecule has 0 radical (unpaired) electrons. The Morgan fingerprint density at radius 2 is 1.26 bits per heavy atom. The van der Waals surface area contributed by atoms with Gasteiger partial charge in [-0.1, -0.05) is 55.8 Å². The molecule has 0 amide bonds. The second-order valence-corrected chi connectivity index (χ2v) is 12.5. The fraction of sp³-hybridized carbons (Fsp3) is 0.400. The maximum absolute atomic E-state index is 13.8. The number of anilines is 1. The van der Waals surface area contributed by atoms with Gasteiger partial charge in [0, 0.05) is 51.5 Å². The molecule has 2 aromatic rings. The van der Waals surface area contributed by atoms with Gasteiger partial charge in [0.2, 0.25) is 0 Å². The number of hydrogen-bond acceptors (Lipinski definition) is 4. The number of methoxy groups -OCH3 is 1. The van der Waals surface area contributed by atoms with Gasteiger partial charge in [0.15, 0.2) is 11.6 Å². The molecule has 1 aliphatic heterocycles. The number of allylic oxidation sites excluding steroid dienone is 4. The number of rotatable bonds is 3. The molecule has 0 atom stereocenters. The van der Waals surface area contributed by atoms with E-state index >= 15 is 0 Å². The van der Waals surface area contributed by atoms with Crippen LogP contribution < -0.4 is 9.64 Å². The minimum atomic E-state index is -0.343. The molecular weight excluding hydrogens is 502 g/mol. The van der Waals surface area contributed by atoms with E-state index in [-0.39, 0.29) is 28.3 Å². The van der Waals surface area contributed by atoms with Crippen molar-refractivity contribution >= 4 is 33.2 Å². The van der Waals surface area contributed by atoms with Crippen molar-refractivity contribution in [2.24, 2.45) is 10.8 Å². The summed E-state index contributed by atoms with van der Waals surface area (Å²) < 4.78 is 6.38. The van der Waals surface area contributed by atoms with Gasteiger partial charge >= 0.3 is 0 Å². The molecule has 5 heteroatoms. The van der Waals surface area contributed by atoms with E-state index in [9.17, 15) is 9.59 Å². The van der Waals surface area contributed by atoms with E-state index in [1.54, 1.807) is 7.11 Å². The van der Waals surface area contributed by atoms with Crippen LogP contribution in [0.2, 0.25) is 0 Å². The number of Topliss-reactive ketones (excluding diaryl/α,β-unsaturated/α-hetero) is 2. The number of carbonyl (C=O) groups is 2. The highest BCUT2D eigenvalue weighted by Gasteiger charge is 2.49. The fourth-order valence-corrected chi connectivity index (χ4v) is 6.26. The molecular formula is C30H32BrNO3. The lowest BCUT2D eigenvalue weighted by Crippen LogP contribution is -2.44. The van der Waals surface area contributed by atoms with E-state index in [1.807, 2.05) is 36.4 Å². The minimum absolute atomic E-state index is 0.142. The van der Waals surface area contributed by atoms with Crippen LogP contribution in [-0.4, -0.2) is 18.7 Å². The molecule has 0 fully saturated rings. The van der Waals surface area contributed by atoms with Crippen LogP contribution in [0.1, 0.15) is 64.9 Å². The third-order valence-electron chi connectivity index (χ3n) is 7.44. The van der Waals surface area contributed by atoms with E-state index < -0.39 is 0 Å². The molecule has 0 spiro atoms. The second kappa shape index (κ2) is 8.48. The van der Waals surface area contributed by atoms with Gasteiger partial charge in [-0.2, -0.15) is 0 Å². The molecule has 0 N–H and O–H groups in total. The zero-order valence-corrected chi connectivity index (χ0v) is 22.7. The highest BCUT2D eigenvalue weighted by molar-refractivity contribution is 9.10.